The SMILES string of the molecule is COc1cc(NC(=O)CN2CCN(CC(=O)c3c(OC)cc(OC)cc3OC)CC2)cc(OC)c1.Cl.Cl. The van der Waals surface area contributed by atoms with Crippen LogP contribution in [0.5, 0.6) is 28.7 Å². The minimum Gasteiger partial charge on any atom is -0.497 e. The quantitative estimate of drug-likeness (QED) is 0.416. The molecule has 12 heteroatoms. The average molecular weight is 560 g/mol. The van der Waals surface area contributed by atoms with E-state index < -0.39 is 0 Å². The maximum Gasteiger partial charge on any atom is 0.238 e. The molecule has 0 spiro atoms. The van der Waals surface area contributed by atoms with Gasteiger partial charge in [0.1, 0.15) is 34.3 Å². The van der Waals surface area contributed by atoms with E-state index in [1.54, 1.807) is 51.7 Å². The summed E-state index contributed by atoms with van der Waals surface area (Å²) in [7, 11) is 7.69. The van der Waals surface area contributed by atoms with Crippen molar-refractivity contribution < 1.29 is 33.3 Å². The number of hydrogen-bond acceptors (Lipinski definition) is 9. The summed E-state index contributed by atoms with van der Waals surface area (Å²) >= 11 is 0. The van der Waals surface area contributed by atoms with E-state index in [2.05, 4.69) is 15.1 Å². The first-order valence-electron chi connectivity index (χ1n) is 11.2. The van der Waals surface area contributed by atoms with E-state index in [-0.39, 0.29) is 49.6 Å². The fourth-order valence-electron chi connectivity index (χ4n) is 3.95. The van der Waals surface area contributed by atoms with E-state index in [0.717, 1.165) is 0 Å². The molecule has 1 N–H and O–H groups in total. The van der Waals surface area contributed by atoms with Crippen molar-refractivity contribution in [1.82, 2.24) is 9.80 Å². The molecule has 1 saturated heterocycles. The van der Waals surface area contributed by atoms with Gasteiger partial charge in [-0.1, -0.05) is 0 Å². The number of anilines is 1. The molecule has 1 fully saturated rings. The molecule has 0 radical (unpaired) electrons. The first kappa shape index (κ1) is 32.1. The lowest BCUT2D eigenvalue weighted by molar-refractivity contribution is -0.117. The fraction of sp³-hybridized carbons (Fsp3) is 0.440. The van der Waals surface area contributed by atoms with Crippen LogP contribution in [0.2, 0.25) is 0 Å². The molecular weight excluding hydrogens is 525 g/mol. The minimum atomic E-state index is -0.127. The third-order valence-electron chi connectivity index (χ3n) is 5.83. The molecule has 1 amide bonds. The number of piperazine rings is 1. The molecule has 1 aliphatic heterocycles. The summed E-state index contributed by atoms with van der Waals surface area (Å²) in [5, 5.41) is 2.89. The zero-order chi connectivity index (χ0) is 25.4. The maximum absolute atomic E-state index is 13.1. The molecule has 1 heterocycles. The second kappa shape index (κ2) is 15.4. The number of carbonyl (C=O) groups is 2. The summed E-state index contributed by atoms with van der Waals surface area (Å²) in [4.78, 5) is 29.8. The fourth-order valence-corrected chi connectivity index (χ4v) is 3.95. The largest absolute Gasteiger partial charge is 0.497 e. The van der Waals surface area contributed by atoms with E-state index >= 15 is 0 Å². The number of methoxy groups -OCH3 is 5. The van der Waals surface area contributed by atoms with Crippen LogP contribution in [-0.2, 0) is 4.79 Å². The number of rotatable bonds is 11. The van der Waals surface area contributed by atoms with Gasteiger partial charge in [0.05, 0.1) is 48.6 Å². The summed E-state index contributed by atoms with van der Waals surface area (Å²) in [6.07, 6.45) is 0. The van der Waals surface area contributed by atoms with E-state index in [0.29, 0.717) is 66.2 Å². The van der Waals surface area contributed by atoms with Gasteiger partial charge in [-0.05, 0) is 0 Å². The highest BCUT2D eigenvalue weighted by Crippen LogP contribution is 2.34. The van der Waals surface area contributed by atoms with Crippen LogP contribution in [-0.4, -0.2) is 96.3 Å². The highest BCUT2D eigenvalue weighted by Gasteiger charge is 2.25. The summed E-state index contributed by atoms with van der Waals surface area (Å²) in [5.41, 5.74) is 1.00. The monoisotopic (exact) mass is 559 g/mol. The summed E-state index contributed by atoms with van der Waals surface area (Å²) in [5.74, 6) is 2.35. The highest BCUT2D eigenvalue weighted by molar-refractivity contribution is 6.03. The van der Waals surface area contributed by atoms with Crippen molar-refractivity contribution >= 4 is 42.2 Å². The van der Waals surface area contributed by atoms with Crippen molar-refractivity contribution in [2.75, 3.05) is 80.1 Å². The molecule has 37 heavy (non-hydrogen) atoms. The molecule has 0 unspecified atom stereocenters. The van der Waals surface area contributed by atoms with Crippen molar-refractivity contribution in [3.8, 4) is 28.7 Å². The molecule has 0 aliphatic carbocycles. The van der Waals surface area contributed by atoms with Crippen LogP contribution in [0.3, 0.4) is 0 Å². The average Bonchev–Trinajstić information content (AvgIpc) is 2.88. The van der Waals surface area contributed by atoms with Crippen LogP contribution < -0.4 is 29.0 Å². The molecule has 10 nitrogen and oxygen atoms in total. The van der Waals surface area contributed by atoms with Crippen LogP contribution in [0.1, 0.15) is 10.4 Å². The van der Waals surface area contributed by atoms with E-state index in [1.807, 2.05) is 0 Å². The molecule has 1 aliphatic rings. The number of amides is 1. The molecule has 0 bridgehead atoms. The molecule has 0 aromatic heterocycles. The normalized spacial score (nSPS) is 13.4. The number of hydrogen-bond donors (Lipinski definition) is 1. The van der Waals surface area contributed by atoms with Gasteiger partial charge in [-0.2, -0.15) is 0 Å². The van der Waals surface area contributed by atoms with Gasteiger partial charge in [0.15, 0.2) is 5.78 Å². The second-order valence-electron chi connectivity index (χ2n) is 8.03. The van der Waals surface area contributed by atoms with Crippen LogP contribution in [0, 0.1) is 0 Å². The molecule has 3 rings (SSSR count). The number of carbonyl (C=O) groups excluding carboxylic acids is 2. The van der Waals surface area contributed by atoms with E-state index in [4.69, 9.17) is 23.7 Å². The number of Topliss-reactive ketones (excluding diaryl/α,β-unsaturated/α-hetero) is 1. The Morgan fingerprint density at radius 1 is 0.676 bits per heavy atom. The predicted molar refractivity (Wildman–Crippen MR) is 146 cm³/mol. The van der Waals surface area contributed by atoms with Gasteiger partial charge in [-0.15, -0.1) is 24.8 Å². The Balaban J connectivity index is 0.00000342. The second-order valence-corrected chi connectivity index (χ2v) is 8.03. The number of ether oxygens (including phenoxy) is 5. The van der Waals surface area contributed by atoms with Crippen LogP contribution in [0.25, 0.3) is 0 Å². The maximum atomic E-state index is 13.1. The van der Waals surface area contributed by atoms with Crippen molar-refractivity contribution in [3.05, 3.63) is 35.9 Å². The van der Waals surface area contributed by atoms with Crippen molar-refractivity contribution in [2.24, 2.45) is 0 Å². The molecular formula is C25H35Cl2N3O7. The molecule has 206 valence electrons. The molecule has 0 saturated carbocycles. The summed E-state index contributed by atoms with van der Waals surface area (Å²) in [6.45, 7) is 3.13. The Morgan fingerprint density at radius 3 is 1.54 bits per heavy atom. The Labute approximate surface area is 229 Å². The Kier molecular flexibility index (Phi) is 13.3. The number of nitrogens with one attached hydrogen (secondary N) is 1. The van der Waals surface area contributed by atoms with Crippen molar-refractivity contribution in [1.29, 1.82) is 0 Å². The van der Waals surface area contributed by atoms with Gasteiger partial charge in [0, 0.05) is 62.2 Å². The topological polar surface area (TPSA) is 98.8 Å². The zero-order valence-corrected chi connectivity index (χ0v) is 23.3. The Hall–Kier alpha value is -2.92. The zero-order valence-electron chi connectivity index (χ0n) is 21.7. The highest BCUT2D eigenvalue weighted by atomic mass is 35.5. The van der Waals surface area contributed by atoms with Crippen molar-refractivity contribution in [3.63, 3.8) is 0 Å². The first-order valence-corrected chi connectivity index (χ1v) is 11.2. The molecule has 2 aromatic carbocycles. The third-order valence-corrected chi connectivity index (χ3v) is 5.83. The van der Waals surface area contributed by atoms with E-state index in [9.17, 15) is 9.59 Å². The lowest BCUT2D eigenvalue weighted by Crippen LogP contribution is -2.49. The number of benzene rings is 2. The van der Waals surface area contributed by atoms with Gasteiger partial charge >= 0.3 is 0 Å². The number of halogens is 2. The van der Waals surface area contributed by atoms with Gasteiger partial charge < -0.3 is 29.0 Å². The lowest BCUT2D eigenvalue weighted by Gasteiger charge is -2.34. The standard InChI is InChI=1S/C25H33N3O7.2ClH/c1-31-18-10-17(11-19(12-18)32-2)26-24(30)16-28-8-6-27(7-9-28)15-21(29)25-22(34-4)13-20(33-3)14-23(25)35-5;;/h10-14H,6-9,15-16H2,1-5H3,(H,26,30);2*1H. The molecule has 2 aromatic rings. The predicted octanol–water partition coefficient (Wildman–Crippen LogP) is 3.01. The summed E-state index contributed by atoms with van der Waals surface area (Å²) < 4.78 is 26.6. The smallest absolute Gasteiger partial charge is 0.238 e. The van der Waals surface area contributed by atoms with Crippen molar-refractivity contribution in [2.45, 2.75) is 0 Å². The van der Waals surface area contributed by atoms with Crippen LogP contribution >= 0.6 is 24.8 Å². The first-order chi connectivity index (χ1) is 16.9. The summed E-state index contributed by atoms with van der Waals surface area (Å²) in [6, 6.07) is 8.57. The third kappa shape index (κ3) is 8.57. The van der Waals surface area contributed by atoms with Crippen LogP contribution in [0.4, 0.5) is 5.69 Å². The van der Waals surface area contributed by atoms with E-state index in [1.165, 1.54) is 14.2 Å². The Bertz CT molecular complexity index is 1000. The Morgan fingerprint density at radius 2 is 1.11 bits per heavy atom. The minimum absolute atomic E-state index is 0. The van der Waals surface area contributed by atoms with Crippen LogP contribution in [0.15, 0.2) is 30.3 Å². The van der Waals surface area contributed by atoms with Gasteiger partial charge in [-0.25, -0.2) is 0 Å². The lowest BCUT2D eigenvalue weighted by atomic mass is 10.1. The number of nitrogens with zero attached hydrogens (tertiary/aromatic N) is 2. The number of ketones is 1. The van der Waals surface area contributed by atoms with Gasteiger partial charge in [0.2, 0.25) is 5.91 Å². The molecule has 0 atom stereocenters. The van der Waals surface area contributed by atoms with Gasteiger partial charge in [-0.3, -0.25) is 19.4 Å². The van der Waals surface area contributed by atoms with Gasteiger partial charge in [0.25, 0.3) is 0 Å².